The summed E-state index contributed by atoms with van der Waals surface area (Å²) >= 11 is 1.21. The molecule has 0 aliphatic heterocycles. The molecule has 0 radical (unpaired) electrons. The second-order valence-electron chi connectivity index (χ2n) is 5.35. The van der Waals surface area contributed by atoms with Crippen molar-refractivity contribution in [2.75, 3.05) is 5.32 Å². The van der Waals surface area contributed by atoms with Gasteiger partial charge in [0.25, 0.3) is 0 Å². The maximum atomic E-state index is 12.3. The number of carbonyl (C=O) groups excluding carboxylic acids is 2. The van der Waals surface area contributed by atoms with Crippen LogP contribution in [0.2, 0.25) is 0 Å². The zero-order valence-corrected chi connectivity index (χ0v) is 14.6. The van der Waals surface area contributed by atoms with Gasteiger partial charge in [-0.05, 0) is 32.4 Å². The van der Waals surface area contributed by atoms with E-state index in [1.54, 1.807) is 31.2 Å². The molecular weight excluding hydrogens is 328 g/mol. The topological polar surface area (TPSA) is 96.8 Å². The Morgan fingerprint density at radius 1 is 1.42 bits per heavy atom. The first-order valence-electron chi connectivity index (χ1n) is 7.66. The lowest BCUT2D eigenvalue weighted by Gasteiger charge is -2.12. The molecule has 128 valence electrons. The minimum absolute atomic E-state index is 0.0615. The quantitative estimate of drug-likeness (QED) is 0.591. The van der Waals surface area contributed by atoms with Crippen LogP contribution in [0.4, 0.5) is 5.69 Å². The van der Waals surface area contributed by atoms with Crippen LogP contribution in [0.15, 0.2) is 34.2 Å². The molecule has 7 nitrogen and oxygen atoms in total. The summed E-state index contributed by atoms with van der Waals surface area (Å²) in [4.78, 5) is 35.4. The van der Waals surface area contributed by atoms with E-state index in [0.29, 0.717) is 23.0 Å². The van der Waals surface area contributed by atoms with Gasteiger partial charge in [-0.2, -0.15) is 0 Å². The van der Waals surface area contributed by atoms with Crippen molar-refractivity contribution in [3.63, 3.8) is 0 Å². The zero-order valence-electron chi connectivity index (χ0n) is 13.8. The maximum Gasteiger partial charge on any atom is 0.343 e. The number of hydrogen-bond acceptors (Lipinski definition) is 5. The van der Waals surface area contributed by atoms with E-state index in [2.05, 4.69) is 15.5 Å². The van der Waals surface area contributed by atoms with Gasteiger partial charge in [0.1, 0.15) is 0 Å². The molecule has 0 bridgehead atoms. The zero-order chi connectivity index (χ0) is 17.7. The second kappa shape index (κ2) is 7.96. The first-order valence-corrected chi connectivity index (χ1v) is 8.54. The van der Waals surface area contributed by atoms with Crippen molar-refractivity contribution in [1.29, 1.82) is 0 Å². The molecule has 1 amide bonds. The van der Waals surface area contributed by atoms with E-state index >= 15 is 0 Å². The number of nitrogens with one attached hydrogen (secondary N) is 2. The number of aromatic nitrogens is 3. The number of aromatic amines is 1. The van der Waals surface area contributed by atoms with E-state index in [1.807, 2.05) is 6.92 Å². The van der Waals surface area contributed by atoms with Gasteiger partial charge < -0.3 is 5.32 Å². The SMILES string of the molecule is CCCn1c(S[C@H](C)C(=O)Nc2cccc(C(C)=O)c2)n[nH]c1=O. The molecule has 0 fully saturated rings. The molecule has 1 aromatic heterocycles. The Kier molecular flexibility index (Phi) is 5.97. The normalized spacial score (nSPS) is 12.0. The standard InChI is InChI=1S/C16H20N4O3S/c1-4-8-20-15(23)18-19-16(20)24-11(3)14(22)17-13-7-5-6-12(9-13)10(2)21/h5-7,9,11H,4,8H2,1-3H3,(H,17,22)(H,18,23)/t11-/m1/s1. The number of Topliss-reactive ketones (excluding diaryl/α,β-unsaturated/α-hetero) is 1. The molecule has 2 N–H and O–H groups in total. The third kappa shape index (κ3) is 4.35. The third-order valence-electron chi connectivity index (χ3n) is 3.36. The van der Waals surface area contributed by atoms with E-state index in [0.717, 1.165) is 6.42 Å². The van der Waals surface area contributed by atoms with Crippen LogP contribution in [0.3, 0.4) is 0 Å². The van der Waals surface area contributed by atoms with Gasteiger partial charge in [-0.1, -0.05) is 30.8 Å². The minimum atomic E-state index is -0.447. The Labute approximate surface area is 143 Å². The van der Waals surface area contributed by atoms with Crippen LogP contribution in [-0.2, 0) is 11.3 Å². The van der Waals surface area contributed by atoms with Crippen molar-refractivity contribution in [3.05, 3.63) is 40.3 Å². The highest BCUT2D eigenvalue weighted by atomic mass is 32.2. The predicted molar refractivity (Wildman–Crippen MR) is 93.5 cm³/mol. The van der Waals surface area contributed by atoms with Crippen LogP contribution in [0.5, 0.6) is 0 Å². The van der Waals surface area contributed by atoms with Crippen molar-refractivity contribution in [2.45, 2.75) is 44.1 Å². The molecule has 0 saturated carbocycles. The van der Waals surface area contributed by atoms with E-state index in [-0.39, 0.29) is 17.4 Å². The van der Waals surface area contributed by atoms with Crippen LogP contribution in [0.25, 0.3) is 0 Å². The van der Waals surface area contributed by atoms with Crippen molar-refractivity contribution >= 4 is 29.1 Å². The molecule has 0 aliphatic carbocycles. The van der Waals surface area contributed by atoms with Gasteiger partial charge in [-0.15, -0.1) is 5.10 Å². The summed E-state index contributed by atoms with van der Waals surface area (Å²) in [5.41, 5.74) is 0.825. The van der Waals surface area contributed by atoms with Gasteiger partial charge in [-0.3, -0.25) is 14.2 Å². The molecule has 1 heterocycles. The molecular formula is C16H20N4O3S. The fraction of sp³-hybridized carbons (Fsp3) is 0.375. The minimum Gasteiger partial charge on any atom is -0.325 e. The van der Waals surface area contributed by atoms with Crippen LogP contribution in [0.1, 0.15) is 37.6 Å². The van der Waals surface area contributed by atoms with Crippen molar-refractivity contribution in [2.24, 2.45) is 0 Å². The van der Waals surface area contributed by atoms with E-state index in [9.17, 15) is 14.4 Å². The highest BCUT2D eigenvalue weighted by molar-refractivity contribution is 8.00. The van der Waals surface area contributed by atoms with Gasteiger partial charge >= 0.3 is 5.69 Å². The summed E-state index contributed by atoms with van der Waals surface area (Å²) in [5.74, 6) is -0.284. The van der Waals surface area contributed by atoms with E-state index in [1.165, 1.54) is 23.3 Å². The molecule has 8 heteroatoms. The molecule has 0 saturated heterocycles. The molecule has 2 rings (SSSR count). The van der Waals surface area contributed by atoms with E-state index in [4.69, 9.17) is 0 Å². The largest absolute Gasteiger partial charge is 0.343 e. The van der Waals surface area contributed by atoms with Crippen molar-refractivity contribution in [1.82, 2.24) is 14.8 Å². The average molecular weight is 348 g/mol. The summed E-state index contributed by atoms with van der Waals surface area (Å²) in [6, 6.07) is 6.78. The summed E-state index contributed by atoms with van der Waals surface area (Å²) in [7, 11) is 0. The third-order valence-corrected chi connectivity index (χ3v) is 4.45. The summed E-state index contributed by atoms with van der Waals surface area (Å²) in [5, 5.41) is 9.19. The van der Waals surface area contributed by atoms with Gasteiger partial charge in [0.15, 0.2) is 10.9 Å². The molecule has 1 atom stereocenters. The molecule has 0 unspecified atom stereocenters. The Hall–Kier alpha value is -2.35. The van der Waals surface area contributed by atoms with Crippen molar-refractivity contribution < 1.29 is 9.59 Å². The first-order chi connectivity index (χ1) is 11.4. The Morgan fingerprint density at radius 3 is 2.83 bits per heavy atom. The van der Waals surface area contributed by atoms with Crippen LogP contribution in [0, 0.1) is 0 Å². The monoisotopic (exact) mass is 348 g/mol. The molecule has 0 spiro atoms. The highest BCUT2D eigenvalue weighted by Crippen LogP contribution is 2.21. The number of rotatable bonds is 7. The number of hydrogen-bond donors (Lipinski definition) is 2. The average Bonchev–Trinajstić information content (AvgIpc) is 2.88. The van der Waals surface area contributed by atoms with E-state index < -0.39 is 5.25 Å². The van der Waals surface area contributed by atoms with Crippen LogP contribution in [-0.4, -0.2) is 31.7 Å². The summed E-state index contributed by atoms with van der Waals surface area (Å²) in [6.45, 7) is 5.73. The Balaban J connectivity index is 2.06. The Bertz CT molecular complexity index is 797. The molecule has 24 heavy (non-hydrogen) atoms. The lowest BCUT2D eigenvalue weighted by molar-refractivity contribution is -0.115. The fourth-order valence-corrected chi connectivity index (χ4v) is 2.97. The number of amides is 1. The van der Waals surface area contributed by atoms with Gasteiger partial charge in [0.05, 0.1) is 5.25 Å². The lowest BCUT2D eigenvalue weighted by Crippen LogP contribution is -2.24. The smallest absolute Gasteiger partial charge is 0.325 e. The fourth-order valence-electron chi connectivity index (χ4n) is 2.09. The number of anilines is 1. The number of H-pyrrole nitrogens is 1. The van der Waals surface area contributed by atoms with Gasteiger partial charge in [-0.25, -0.2) is 9.89 Å². The number of ketones is 1. The van der Waals surface area contributed by atoms with Crippen LogP contribution < -0.4 is 11.0 Å². The first kappa shape index (κ1) is 18.0. The van der Waals surface area contributed by atoms with Crippen molar-refractivity contribution in [3.8, 4) is 0 Å². The molecule has 0 aliphatic rings. The maximum absolute atomic E-state index is 12.3. The predicted octanol–water partition coefficient (Wildman–Crippen LogP) is 2.30. The number of nitrogens with zero attached hydrogens (tertiary/aromatic N) is 2. The molecule has 2 aromatic rings. The second-order valence-corrected chi connectivity index (χ2v) is 6.66. The van der Waals surface area contributed by atoms with Gasteiger partial charge in [0, 0.05) is 17.8 Å². The highest BCUT2D eigenvalue weighted by Gasteiger charge is 2.19. The summed E-state index contributed by atoms with van der Waals surface area (Å²) in [6.07, 6.45) is 0.797. The summed E-state index contributed by atoms with van der Waals surface area (Å²) < 4.78 is 1.52. The number of benzene rings is 1. The number of carbonyl (C=O) groups is 2. The Morgan fingerprint density at radius 2 is 2.17 bits per heavy atom. The lowest BCUT2D eigenvalue weighted by atomic mass is 10.1. The van der Waals surface area contributed by atoms with Crippen LogP contribution >= 0.6 is 11.8 Å². The van der Waals surface area contributed by atoms with Gasteiger partial charge in [0.2, 0.25) is 5.91 Å². The molecule has 1 aromatic carbocycles. The number of thioether (sulfide) groups is 1.